The van der Waals surface area contributed by atoms with Gasteiger partial charge in [0.1, 0.15) is 5.75 Å². The van der Waals surface area contributed by atoms with E-state index < -0.39 is 0 Å². The van der Waals surface area contributed by atoms with E-state index in [0.29, 0.717) is 13.2 Å². The lowest BCUT2D eigenvalue weighted by atomic mass is 10.2. The van der Waals surface area contributed by atoms with Crippen molar-refractivity contribution in [3.63, 3.8) is 0 Å². The van der Waals surface area contributed by atoms with E-state index in [-0.39, 0.29) is 0 Å². The minimum atomic E-state index is 0.650. The molecule has 0 aliphatic carbocycles. The minimum absolute atomic E-state index is 0.650. The van der Waals surface area contributed by atoms with Crippen molar-refractivity contribution in [2.75, 3.05) is 26.9 Å². The van der Waals surface area contributed by atoms with Crippen LogP contribution in [0.1, 0.15) is 12.0 Å². The first-order chi connectivity index (χ1) is 8.79. The highest BCUT2D eigenvalue weighted by atomic mass is 79.9. The van der Waals surface area contributed by atoms with E-state index >= 15 is 0 Å². The van der Waals surface area contributed by atoms with Crippen molar-refractivity contribution in [2.45, 2.75) is 13.0 Å². The smallest absolute Gasteiger partial charge is 0.137 e. The van der Waals surface area contributed by atoms with E-state index in [4.69, 9.17) is 9.47 Å². The largest absolute Gasteiger partial charge is 0.492 e. The van der Waals surface area contributed by atoms with Crippen molar-refractivity contribution >= 4 is 15.9 Å². The van der Waals surface area contributed by atoms with Gasteiger partial charge in [-0.1, -0.05) is 18.2 Å². The molecule has 0 saturated heterocycles. The van der Waals surface area contributed by atoms with E-state index in [9.17, 15) is 0 Å². The molecule has 0 saturated carbocycles. The molecule has 0 radical (unpaired) electrons. The number of rotatable bonds is 9. The van der Waals surface area contributed by atoms with Gasteiger partial charge in [0, 0.05) is 25.8 Å². The van der Waals surface area contributed by atoms with E-state index in [1.165, 1.54) is 0 Å². The van der Waals surface area contributed by atoms with E-state index in [1.807, 2.05) is 18.2 Å². The summed E-state index contributed by atoms with van der Waals surface area (Å²) in [5.74, 6) is 0.907. The van der Waals surface area contributed by atoms with Gasteiger partial charge in [0.15, 0.2) is 0 Å². The summed E-state index contributed by atoms with van der Waals surface area (Å²) in [6.45, 7) is 6.65. The lowest BCUT2D eigenvalue weighted by molar-refractivity contribution is 0.199. The summed E-state index contributed by atoms with van der Waals surface area (Å²) >= 11 is 3.52. The topological polar surface area (TPSA) is 30.5 Å². The molecule has 1 aromatic rings. The molecule has 0 atom stereocenters. The fourth-order valence-electron chi connectivity index (χ4n) is 1.50. The first-order valence-electron chi connectivity index (χ1n) is 6.00. The van der Waals surface area contributed by atoms with Gasteiger partial charge in [-0.25, -0.2) is 0 Å². The van der Waals surface area contributed by atoms with Crippen LogP contribution in [0.3, 0.4) is 0 Å². The highest BCUT2D eigenvalue weighted by Crippen LogP contribution is 2.29. The zero-order chi connectivity index (χ0) is 13.2. The van der Waals surface area contributed by atoms with Gasteiger partial charge in [-0.05, 0) is 28.4 Å². The van der Waals surface area contributed by atoms with Crippen LogP contribution < -0.4 is 10.1 Å². The van der Waals surface area contributed by atoms with Gasteiger partial charge in [0.25, 0.3) is 0 Å². The quantitative estimate of drug-likeness (QED) is 0.561. The summed E-state index contributed by atoms with van der Waals surface area (Å²) in [5.41, 5.74) is 1.14. The fraction of sp³-hybridized carbons (Fsp3) is 0.429. The van der Waals surface area contributed by atoms with Gasteiger partial charge < -0.3 is 14.8 Å². The van der Waals surface area contributed by atoms with Crippen LogP contribution in [0, 0.1) is 0 Å². The minimum Gasteiger partial charge on any atom is -0.492 e. The van der Waals surface area contributed by atoms with E-state index in [2.05, 4.69) is 33.9 Å². The van der Waals surface area contributed by atoms with Gasteiger partial charge in [0.2, 0.25) is 0 Å². The van der Waals surface area contributed by atoms with Crippen LogP contribution >= 0.6 is 15.9 Å². The zero-order valence-corrected chi connectivity index (χ0v) is 12.3. The van der Waals surface area contributed by atoms with Crippen molar-refractivity contribution in [1.29, 1.82) is 0 Å². The number of halogens is 1. The number of benzene rings is 1. The lowest BCUT2D eigenvalue weighted by Crippen LogP contribution is -2.19. The Morgan fingerprint density at radius 3 is 2.94 bits per heavy atom. The molecule has 0 unspecified atom stereocenters. The Bertz CT molecular complexity index is 369. The maximum atomic E-state index is 5.78. The van der Waals surface area contributed by atoms with Crippen molar-refractivity contribution in [3.8, 4) is 5.75 Å². The molecular weight excluding hydrogens is 294 g/mol. The Labute approximate surface area is 117 Å². The molecule has 0 bridgehead atoms. The highest BCUT2D eigenvalue weighted by Gasteiger charge is 2.07. The third-order valence-electron chi connectivity index (χ3n) is 2.42. The second-order valence-corrected chi connectivity index (χ2v) is 4.68. The molecule has 0 amide bonds. The Hall–Kier alpha value is -0.840. The molecule has 3 nitrogen and oxygen atoms in total. The SMILES string of the molecule is C=CCCOc1c(Br)cccc1CNCCOC. The summed E-state index contributed by atoms with van der Waals surface area (Å²) < 4.78 is 11.8. The third-order valence-corrected chi connectivity index (χ3v) is 3.04. The maximum absolute atomic E-state index is 5.78. The van der Waals surface area contributed by atoms with Crippen LogP contribution in [0.2, 0.25) is 0 Å². The number of ether oxygens (including phenoxy) is 2. The van der Waals surface area contributed by atoms with Crippen molar-refractivity contribution in [2.24, 2.45) is 0 Å². The van der Waals surface area contributed by atoms with Crippen LogP contribution in [0.15, 0.2) is 35.3 Å². The Morgan fingerprint density at radius 1 is 1.39 bits per heavy atom. The van der Waals surface area contributed by atoms with Gasteiger partial charge >= 0.3 is 0 Å². The molecule has 18 heavy (non-hydrogen) atoms. The molecule has 0 aliphatic rings. The van der Waals surface area contributed by atoms with E-state index in [0.717, 1.165) is 35.3 Å². The van der Waals surface area contributed by atoms with Gasteiger partial charge in [0.05, 0.1) is 17.7 Å². The van der Waals surface area contributed by atoms with Crippen molar-refractivity contribution in [3.05, 3.63) is 40.9 Å². The number of para-hydroxylation sites is 1. The first-order valence-corrected chi connectivity index (χ1v) is 6.79. The summed E-state index contributed by atoms with van der Waals surface area (Å²) in [7, 11) is 1.70. The summed E-state index contributed by atoms with van der Waals surface area (Å²) in [5, 5.41) is 3.31. The molecule has 0 spiro atoms. The molecular formula is C14H20BrNO2. The Balaban J connectivity index is 2.58. The molecule has 0 heterocycles. The number of methoxy groups -OCH3 is 1. The van der Waals surface area contributed by atoms with Gasteiger partial charge in [-0.2, -0.15) is 0 Å². The van der Waals surface area contributed by atoms with Crippen LogP contribution in [0.25, 0.3) is 0 Å². The monoisotopic (exact) mass is 313 g/mol. The van der Waals surface area contributed by atoms with Gasteiger partial charge in [-0.3, -0.25) is 0 Å². The Kier molecular flexibility index (Phi) is 7.73. The third kappa shape index (κ3) is 5.21. The molecule has 100 valence electrons. The molecule has 1 rings (SSSR count). The standard InChI is InChI=1S/C14H20BrNO2/c1-3-4-9-18-14-12(6-5-7-13(14)15)11-16-8-10-17-2/h3,5-7,16H,1,4,8-11H2,2H3. The van der Waals surface area contributed by atoms with Crippen molar-refractivity contribution < 1.29 is 9.47 Å². The number of hydrogen-bond donors (Lipinski definition) is 1. The normalized spacial score (nSPS) is 10.3. The molecule has 0 aliphatic heterocycles. The van der Waals surface area contributed by atoms with Crippen molar-refractivity contribution in [1.82, 2.24) is 5.32 Å². The van der Waals surface area contributed by atoms with Crippen LogP contribution in [0.4, 0.5) is 0 Å². The predicted molar refractivity (Wildman–Crippen MR) is 78.0 cm³/mol. The molecule has 1 N–H and O–H groups in total. The lowest BCUT2D eigenvalue weighted by Gasteiger charge is -2.13. The molecule has 0 fully saturated rings. The highest BCUT2D eigenvalue weighted by molar-refractivity contribution is 9.10. The molecule has 0 aromatic heterocycles. The average Bonchev–Trinajstić information content (AvgIpc) is 2.37. The second-order valence-electron chi connectivity index (χ2n) is 3.82. The van der Waals surface area contributed by atoms with Crippen LogP contribution in [-0.2, 0) is 11.3 Å². The summed E-state index contributed by atoms with van der Waals surface area (Å²) in [6.07, 6.45) is 2.70. The maximum Gasteiger partial charge on any atom is 0.137 e. The Morgan fingerprint density at radius 2 is 2.22 bits per heavy atom. The van der Waals surface area contributed by atoms with E-state index in [1.54, 1.807) is 7.11 Å². The van der Waals surface area contributed by atoms with Crippen LogP contribution in [0.5, 0.6) is 5.75 Å². The molecule has 1 aromatic carbocycles. The summed E-state index contributed by atoms with van der Waals surface area (Å²) in [6, 6.07) is 6.06. The summed E-state index contributed by atoms with van der Waals surface area (Å²) in [4.78, 5) is 0. The number of hydrogen-bond acceptors (Lipinski definition) is 3. The first kappa shape index (κ1) is 15.2. The average molecular weight is 314 g/mol. The fourth-order valence-corrected chi connectivity index (χ4v) is 2.02. The van der Waals surface area contributed by atoms with Crippen LogP contribution in [-0.4, -0.2) is 26.9 Å². The number of nitrogens with one attached hydrogen (secondary N) is 1. The second kappa shape index (κ2) is 9.14. The van der Waals surface area contributed by atoms with Gasteiger partial charge in [-0.15, -0.1) is 6.58 Å². The molecule has 4 heteroatoms. The predicted octanol–water partition coefficient (Wildman–Crippen LogP) is 3.14. The zero-order valence-electron chi connectivity index (χ0n) is 10.7.